The van der Waals surface area contributed by atoms with Crippen LogP contribution in [0.25, 0.3) is 5.82 Å². The lowest BCUT2D eigenvalue weighted by Gasteiger charge is -2.18. The Balaban J connectivity index is 1.23. The number of aryl methyl sites for hydroxylation is 5. The maximum atomic E-state index is 12.9. The Bertz CT molecular complexity index is 1530. The maximum absolute atomic E-state index is 12.9. The van der Waals surface area contributed by atoms with Crippen molar-refractivity contribution in [2.75, 3.05) is 16.8 Å². The standard InChI is InChI=1S/C29H30N6O3/c1-17-6-9-24(12-18(17)2)34-16-22(14-28(34)36)29(37)32-23-7-10-25(11-8-23)38-27-15-26(30-21(5)31-27)35-20(4)13-19(3)33-35/h6-13,15,22H,14,16H2,1-5H3,(H,32,37). The lowest BCUT2D eigenvalue weighted by atomic mass is 10.1. The van der Waals surface area contributed by atoms with Gasteiger partial charge >= 0.3 is 0 Å². The van der Waals surface area contributed by atoms with E-state index in [4.69, 9.17) is 4.74 Å². The number of hydrogen-bond acceptors (Lipinski definition) is 6. The number of benzene rings is 2. The predicted octanol–water partition coefficient (Wildman–Crippen LogP) is 4.99. The van der Waals surface area contributed by atoms with Crippen LogP contribution in [0.1, 0.15) is 34.8 Å². The van der Waals surface area contributed by atoms with Gasteiger partial charge in [0.1, 0.15) is 11.6 Å². The monoisotopic (exact) mass is 510 g/mol. The van der Waals surface area contributed by atoms with Gasteiger partial charge in [-0.3, -0.25) is 9.59 Å². The first-order chi connectivity index (χ1) is 18.2. The van der Waals surface area contributed by atoms with Crippen molar-refractivity contribution in [3.63, 3.8) is 0 Å². The fourth-order valence-electron chi connectivity index (χ4n) is 4.54. The lowest BCUT2D eigenvalue weighted by Crippen LogP contribution is -2.28. The van der Waals surface area contributed by atoms with Crippen LogP contribution in [0.3, 0.4) is 0 Å². The number of rotatable bonds is 6. The van der Waals surface area contributed by atoms with E-state index in [1.807, 2.05) is 52.0 Å². The predicted molar refractivity (Wildman–Crippen MR) is 145 cm³/mol. The van der Waals surface area contributed by atoms with E-state index in [-0.39, 0.29) is 18.2 Å². The number of hydrogen-bond donors (Lipinski definition) is 1. The molecule has 38 heavy (non-hydrogen) atoms. The molecule has 1 fully saturated rings. The molecule has 0 radical (unpaired) electrons. The van der Waals surface area contributed by atoms with E-state index in [0.717, 1.165) is 22.6 Å². The first-order valence-corrected chi connectivity index (χ1v) is 12.5. The summed E-state index contributed by atoms with van der Waals surface area (Å²) in [6.07, 6.45) is 0.185. The smallest absolute Gasteiger partial charge is 0.229 e. The SMILES string of the molecule is Cc1cc(C)n(-c2cc(Oc3ccc(NC(=O)C4CC(=O)N(c5ccc(C)c(C)c5)C4)cc3)nc(C)n2)n1. The summed E-state index contributed by atoms with van der Waals surface area (Å²) in [7, 11) is 0. The molecular formula is C29H30N6O3. The average molecular weight is 511 g/mol. The summed E-state index contributed by atoms with van der Waals surface area (Å²) in [4.78, 5) is 36.1. The van der Waals surface area contributed by atoms with E-state index in [2.05, 4.69) is 20.4 Å². The zero-order chi connectivity index (χ0) is 27.0. The van der Waals surface area contributed by atoms with Crippen molar-refractivity contribution < 1.29 is 14.3 Å². The zero-order valence-electron chi connectivity index (χ0n) is 22.1. The molecular weight excluding hydrogens is 480 g/mol. The van der Waals surface area contributed by atoms with Crippen LogP contribution in [0.2, 0.25) is 0 Å². The minimum Gasteiger partial charge on any atom is -0.439 e. The van der Waals surface area contributed by atoms with Crippen molar-refractivity contribution in [2.24, 2.45) is 5.92 Å². The number of nitrogens with one attached hydrogen (secondary N) is 1. The molecule has 1 saturated heterocycles. The zero-order valence-corrected chi connectivity index (χ0v) is 22.1. The third kappa shape index (κ3) is 5.27. The second-order valence-corrected chi connectivity index (χ2v) is 9.74. The first kappa shape index (κ1) is 25.1. The maximum Gasteiger partial charge on any atom is 0.229 e. The van der Waals surface area contributed by atoms with Crippen LogP contribution in [-0.4, -0.2) is 38.1 Å². The highest BCUT2D eigenvalue weighted by Crippen LogP contribution is 2.28. The minimum atomic E-state index is -0.420. The summed E-state index contributed by atoms with van der Waals surface area (Å²) in [6.45, 7) is 10.1. The van der Waals surface area contributed by atoms with E-state index < -0.39 is 5.92 Å². The Morgan fingerprint density at radius 3 is 2.39 bits per heavy atom. The van der Waals surface area contributed by atoms with Crippen LogP contribution in [0, 0.1) is 40.5 Å². The number of ether oxygens (including phenoxy) is 1. The summed E-state index contributed by atoms with van der Waals surface area (Å²) < 4.78 is 7.72. The average Bonchev–Trinajstić information content (AvgIpc) is 3.43. The molecule has 1 N–H and O–H groups in total. The van der Waals surface area contributed by atoms with E-state index in [0.29, 0.717) is 35.5 Å². The Hall–Kier alpha value is -4.53. The molecule has 2 amide bonds. The van der Waals surface area contributed by atoms with Gasteiger partial charge in [0, 0.05) is 36.1 Å². The van der Waals surface area contributed by atoms with Gasteiger partial charge in [-0.15, -0.1) is 0 Å². The second kappa shape index (κ2) is 10.1. The highest BCUT2D eigenvalue weighted by Gasteiger charge is 2.35. The van der Waals surface area contributed by atoms with E-state index in [1.165, 1.54) is 5.56 Å². The largest absolute Gasteiger partial charge is 0.439 e. The van der Waals surface area contributed by atoms with Crippen LogP contribution in [0.5, 0.6) is 11.6 Å². The lowest BCUT2D eigenvalue weighted by molar-refractivity contribution is -0.122. The molecule has 2 aromatic heterocycles. The Morgan fingerprint density at radius 2 is 1.71 bits per heavy atom. The van der Waals surface area contributed by atoms with Crippen LogP contribution in [0.4, 0.5) is 11.4 Å². The molecule has 9 nitrogen and oxygen atoms in total. The molecule has 4 aromatic rings. The minimum absolute atomic E-state index is 0.0443. The Morgan fingerprint density at radius 1 is 0.947 bits per heavy atom. The molecule has 3 heterocycles. The molecule has 194 valence electrons. The molecule has 2 aromatic carbocycles. The highest BCUT2D eigenvalue weighted by molar-refractivity contribution is 6.03. The quantitative estimate of drug-likeness (QED) is 0.392. The third-order valence-corrected chi connectivity index (χ3v) is 6.67. The fraction of sp³-hybridized carbons (Fsp3) is 0.276. The number of aromatic nitrogens is 4. The normalized spacial score (nSPS) is 15.1. The van der Waals surface area contributed by atoms with Gasteiger partial charge in [-0.1, -0.05) is 6.07 Å². The molecule has 1 atom stereocenters. The van der Waals surface area contributed by atoms with Crippen LogP contribution in [0.15, 0.2) is 54.6 Å². The van der Waals surface area contributed by atoms with Crippen LogP contribution >= 0.6 is 0 Å². The molecule has 0 saturated carbocycles. The molecule has 1 aliphatic heterocycles. The van der Waals surface area contributed by atoms with Gasteiger partial charge in [-0.05, 0) is 88.2 Å². The fourth-order valence-corrected chi connectivity index (χ4v) is 4.54. The third-order valence-electron chi connectivity index (χ3n) is 6.67. The number of nitrogens with zero attached hydrogens (tertiary/aromatic N) is 5. The van der Waals surface area contributed by atoms with E-state index >= 15 is 0 Å². The number of carbonyl (C=O) groups excluding carboxylic acids is 2. The van der Waals surface area contributed by atoms with Crippen molar-refractivity contribution in [1.29, 1.82) is 0 Å². The molecule has 1 unspecified atom stereocenters. The first-order valence-electron chi connectivity index (χ1n) is 12.5. The highest BCUT2D eigenvalue weighted by atomic mass is 16.5. The van der Waals surface area contributed by atoms with Crippen molar-refractivity contribution >= 4 is 23.2 Å². The topological polar surface area (TPSA) is 102 Å². The molecule has 0 aliphatic carbocycles. The van der Waals surface area contributed by atoms with Gasteiger partial charge in [0.2, 0.25) is 17.7 Å². The van der Waals surface area contributed by atoms with Crippen molar-refractivity contribution in [3.05, 3.63) is 82.9 Å². The van der Waals surface area contributed by atoms with Gasteiger partial charge in [-0.2, -0.15) is 10.1 Å². The summed E-state index contributed by atoms with van der Waals surface area (Å²) in [5.41, 5.74) is 5.61. The van der Waals surface area contributed by atoms with Gasteiger partial charge in [0.25, 0.3) is 0 Å². The molecule has 0 spiro atoms. The summed E-state index contributed by atoms with van der Waals surface area (Å²) in [6, 6.07) is 16.7. The van der Waals surface area contributed by atoms with Gasteiger partial charge in [0.05, 0.1) is 11.6 Å². The van der Waals surface area contributed by atoms with E-state index in [9.17, 15) is 9.59 Å². The van der Waals surface area contributed by atoms with Gasteiger partial charge in [-0.25, -0.2) is 9.67 Å². The van der Waals surface area contributed by atoms with Crippen molar-refractivity contribution in [1.82, 2.24) is 19.7 Å². The van der Waals surface area contributed by atoms with Crippen LogP contribution in [-0.2, 0) is 9.59 Å². The second-order valence-electron chi connectivity index (χ2n) is 9.74. The van der Waals surface area contributed by atoms with Crippen LogP contribution < -0.4 is 15.0 Å². The number of carbonyl (C=O) groups is 2. The summed E-state index contributed by atoms with van der Waals surface area (Å²) >= 11 is 0. The summed E-state index contributed by atoms with van der Waals surface area (Å²) in [5.74, 6) is 1.51. The molecule has 1 aliphatic rings. The molecule has 5 rings (SSSR count). The summed E-state index contributed by atoms with van der Waals surface area (Å²) in [5, 5.41) is 7.41. The number of amides is 2. The Kier molecular flexibility index (Phi) is 6.67. The van der Waals surface area contributed by atoms with Gasteiger partial charge < -0.3 is 15.0 Å². The molecule has 9 heteroatoms. The van der Waals surface area contributed by atoms with Gasteiger partial charge in [0.15, 0.2) is 5.82 Å². The van der Waals surface area contributed by atoms with E-state index in [1.54, 1.807) is 46.8 Å². The number of anilines is 2. The van der Waals surface area contributed by atoms with Crippen molar-refractivity contribution in [3.8, 4) is 17.4 Å². The molecule has 0 bridgehead atoms. The Labute approximate surface area is 221 Å². The van der Waals surface area contributed by atoms with Crippen molar-refractivity contribution in [2.45, 2.75) is 41.0 Å².